The van der Waals surface area contributed by atoms with Crippen LogP contribution in [0.2, 0.25) is 0 Å². The molecule has 1 saturated heterocycles. The molecule has 2 heterocycles. The van der Waals surface area contributed by atoms with E-state index in [2.05, 4.69) is 15.3 Å². The largest absolute Gasteiger partial charge is 0.325 e. The summed E-state index contributed by atoms with van der Waals surface area (Å²) in [6, 6.07) is 1.84. The van der Waals surface area contributed by atoms with E-state index in [9.17, 15) is 9.59 Å². The van der Waals surface area contributed by atoms with Crippen LogP contribution in [0, 0.1) is 0 Å². The highest BCUT2D eigenvalue weighted by Crippen LogP contribution is 2.08. The molecule has 0 bridgehead atoms. The maximum Gasteiger partial charge on any atom is 0.325 e. The van der Waals surface area contributed by atoms with Gasteiger partial charge in [-0.1, -0.05) is 0 Å². The predicted octanol–water partition coefficient (Wildman–Crippen LogP) is -0.642. The third-order valence-electron chi connectivity index (χ3n) is 2.44. The Kier molecular flexibility index (Phi) is 2.49. The number of nitrogens with one attached hydrogen (secondary N) is 3. The fourth-order valence-electron chi connectivity index (χ4n) is 1.83. The van der Waals surface area contributed by atoms with E-state index in [-0.39, 0.29) is 5.56 Å². The Morgan fingerprint density at radius 2 is 2.21 bits per heavy atom. The SMILES string of the molecule is O=c1cc(CC2CCCN2)[nH]c(=O)[nH]1. The van der Waals surface area contributed by atoms with Crippen LogP contribution in [0.3, 0.4) is 0 Å². The van der Waals surface area contributed by atoms with Crippen molar-refractivity contribution >= 4 is 0 Å². The van der Waals surface area contributed by atoms with E-state index in [1.54, 1.807) is 0 Å². The van der Waals surface area contributed by atoms with Crippen LogP contribution in [0.15, 0.2) is 15.7 Å². The molecule has 2 rings (SSSR count). The molecule has 5 nitrogen and oxygen atoms in total. The van der Waals surface area contributed by atoms with Gasteiger partial charge < -0.3 is 10.3 Å². The van der Waals surface area contributed by atoms with Crippen molar-refractivity contribution in [3.63, 3.8) is 0 Å². The van der Waals surface area contributed by atoms with E-state index < -0.39 is 5.69 Å². The van der Waals surface area contributed by atoms with Crippen LogP contribution in [0.25, 0.3) is 0 Å². The molecule has 0 spiro atoms. The molecule has 1 aliphatic rings. The van der Waals surface area contributed by atoms with Gasteiger partial charge in [0.2, 0.25) is 0 Å². The summed E-state index contributed by atoms with van der Waals surface area (Å²) < 4.78 is 0. The second kappa shape index (κ2) is 3.79. The van der Waals surface area contributed by atoms with Gasteiger partial charge in [-0.3, -0.25) is 9.78 Å². The van der Waals surface area contributed by atoms with Gasteiger partial charge in [-0.15, -0.1) is 0 Å². The van der Waals surface area contributed by atoms with E-state index >= 15 is 0 Å². The summed E-state index contributed by atoms with van der Waals surface area (Å²) in [5.74, 6) is 0. The van der Waals surface area contributed by atoms with Crippen LogP contribution in [-0.2, 0) is 6.42 Å². The standard InChI is InChI=1S/C9H13N3O2/c13-8-5-7(11-9(14)12-8)4-6-2-1-3-10-6/h5-6,10H,1-4H2,(H2,11,12,13,14). The van der Waals surface area contributed by atoms with E-state index in [0.29, 0.717) is 11.7 Å². The maximum absolute atomic E-state index is 11.0. The van der Waals surface area contributed by atoms with Gasteiger partial charge in [-0.25, -0.2) is 4.79 Å². The van der Waals surface area contributed by atoms with Gasteiger partial charge in [-0.2, -0.15) is 0 Å². The second-order valence-electron chi connectivity index (χ2n) is 3.61. The lowest BCUT2D eigenvalue weighted by Crippen LogP contribution is -2.28. The second-order valence-corrected chi connectivity index (χ2v) is 3.61. The quantitative estimate of drug-likeness (QED) is 0.587. The van der Waals surface area contributed by atoms with Crippen molar-refractivity contribution < 1.29 is 0 Å². The molecule has 3 N–H and O–H groups in total. The summed E-state index contributed by atoms with van der Waals surface area (Å²) >= 11 is 0. The predicted molar refractivity (Wildman–Crippen MR) is 52.4 cm³/mol. The minimum absolute atomic E-state index is 0.332. The zero-order valence-corrected chi connectivity index (χ0v) is 7.80. The molecule has 1 aromatic rings. The monoisotopic (exact) mass is 195 g/mol. The van der Waals surface area contributed by atoms with E-state index in [0.717, 1.165) is 25.8 Å². The lowest BCUT2D eigenvalue weighted by atomic mass is 10.1. The molecule has 0 aromatic carbocycles. The number of hydrogen-bond donors (Lipinski definition) is 3. The molecular weight excluding hydrogens is 182 g/mol. The molecule has 1 unspecified atom stereocenters. The van der Waals surface area contributed by atoms with Crippen molar-refractivity contribution in [2.45, 2.75) is 25.3 Å². The van der Waals surface area contributed by atoms with Crippen LogP contribution >= 0.6 is 0 Å². The van der Waals surface area contributed by atoms with Gasteiger partial charge in [0.15, 0.2) is 0 Å². The molecule has 14 heavy (non-hydrogen) atoms. The van der Waals surface area contributed by atoms with Crippen LogP contribution in [-0.4, -0.2) is 22.6 Å². The Labute approximate surface area is 80.6 Å². The van der Waals surface area contributed by atoms with Crippen LogP contribution in [0.1, 0.15) is 18.5 Å². The molecule has 1 fully saturated rings. The van der Waals surface area contributed by atoms with Gasteiger partial charge in [0.1, 0.15) is 0 Å². The first-order valence-electron chi connectivity index (χ1n) is 4.80. The van der Waals surface area contributed by atoms with Gasteiger partial charge in [0, 0.05) is 24.2 Å². The first-order chi connectivity index (χ1) is 6.74. The molecule has 1 aromatic heterocycles. The molecule has 0 saturated carbocycles. The summed E-state index contributed by atoms with van der Waals surface area (Å²) in [6.07, 6.45) is 2.99. The highest BCUT2D eigenvalue weighted by Gasteiger charge is 2.14. The Hall–Kier alpha value is -1.36. The number of rotatable bonds is 2. The van der Waals surface area contributed by atoms with Crippen molar-refractivity contribution in [1.82, 2.24) is 15.3 Å². The van der Waals surface area contributed by atoms with Crippen molar-refractivity contribution in [2.75, 3.05) is 6.54 Å². The molecule has 0 radical (unpaired) electrons. The van der Waals surface area contributed by atoms with Crippen molar-refractivity contribution in [1.29, 1.82) is 0 Å². The maximum atomic E-state index is 11.0. The smallest absolute Gasteiger partial charge is 0.314 e. The average molecular weight is 195 g/mol. The van der Waals surface area contributed by atoms with E-state index in [1.165, 1.54) is 6.07 Å². The number of hydrogen-bond acceptors (Lipinski definition) is 3. The zero-order valence-electron chi connectivity index (χ0n) is 7.80. The van der Waals surface area contributed by atoms with E-state index in [4.69, 9.17) is 0 Å². The van der Waals surface area contributed by atoms with E-state index in [1.807, 2.05) is 0 Å². The molecule has 76 valence electrons. The van der Waals surface area contributed by atoms with Crippen molar-refractivity contribution in [3.05, 3.63) is 32.6 Å². The zero-order chi connectivity index (χ0) is 9.97. The molecule has 0 amide bonds. The minimum Gasteiger partial charge on any atom is -0.314 e. The summed E-state index contributed by atoms with van der Waals surface area (Å²) in [7, 11) is 0. The molecule has 1 aliphatic heterocycles. The number of H-pyrrole nitrogens is 2. The highest BCUT2D eigenvalue weighted by molar-refractivity contribution is 5.01. The summed E-state index contributed by atoms with van der Waals surface area (Å²) in [4.78, 5) is 26.7. The first-order valence-corrected chi connectivity index (χ1v) is 4.80. The average Bonchev–Trinajstić information content (AvgIpc) is 2.54. The van der Waals surface area contributed by atoms with Crippen molar-refractivity contribution in [3.8, 4) is 0 Å². The Balaban J connectivity index is 2.15. The van der Waals surface area contributed by atoms with Gasteiger partial charge >= 0.3 is 5.69 Å². The third-order valence-corrected chi connectivity index (χ3v) is 2.44. The summed E-state index contributed by atoms with van der Waals surface area (Å²) in [6.45, 7) is 1.03. The molecular formula is C9H13N3O2. The summed E-state index contributed by atoms with van der Waals surface area (Å²) in [5, 5.41) is 3.31. The number of aromatic nitrogens is 2. The van der Waals surface area contributed by atoms with Crippen LogP contribution < -0.4 is 16.6 Å². The highest BCUT2D eigenvalue weighted by atomic mass is 16.2. The number of aromatic amines is 2. The molecule has 1 atom stereocenters. The van der Waals surface area contributed by atoms with Crippen LogP contribution in [0.4, 0.5) is 0 Å². The van der Waals surface area contributed by atoms with Gasteiger partial charge in [-0.05, 0) is 19.4 Å². The lowest BCUT2D eigenvalue weighted by Gasteiger charge is -2.08. The Morgan fingerprint density at radius 3 is 2.86 bits per heavy atom. The van der Waals surface area contributed by atoms with Crippen LogP contribution in [0.5, 0.6) is 0 Å². The topological polar surface area (TPSA) is 77.8 Å². The molecule has 5 heteroatoms. The molecule has 0 aliphatic carbocycles. The van der Waals surface area contributed by atoms with Gasteiger partial charge in [0.05, 0.1) is 0 Å². The van der Waals surface area contributed by atoms with Gasteiger partial charge in [0.25, 0.3) is 5.56 Å². The van der Waals surface area contributed by atoms with Crippen molar-refractivity contribution in [2.24, 2.45) is 0 Å². The summed E-state index contributed by atoms with van der Waals surface area (Å²) in [5.41, 5.74) is -0.0506. The lowest BCUT2D eigenvalue weighted by molar-refractivity contribution is 0.592. The Bertz CT molecular complexity index is 386. The first kappa shape index (κ1) is 9.21. The third kappa shape index (κ3) is 2.11. The Morgan fingerprint density at radius 1 is 1.36 bits per heavy atom. The fourth-order valence-corrected chi connectivity index (χ4v) is 1.83. The minimum atomic E-state index is -0.425. The normalized spacial score (nSPS) is 21.3. The fraction of sp³-hybridized carbons (Fsp3) is 0.556.